The molecule has 0 aromatic heterocycles. The molecule has 0 unspecified atom stereocenters. The maximum Gasteiger partial charge on any atom is 0.411 e. The van der Waals surface area contributed by atoms with E-state index in [0.717, 1.165) is 32.5 Å². The highest BCUT2D eigenvalue weighted by Crippen LogP contribution is 2.31. The van der Waals surface area contributed by atoms with Crippen LogP contribution in [0.15, 0.2) is 0 Å². The molecule has 0 radical (unpaired) electrons. The maximum atomic E-state index is 11.8. The van der Waals surface area contributed by atoms with Crippen molar-refractivity contribution in [3.05, 3.63) is 0 Å². The second-order valence-electron chi connectivity index (χ2n) is 4.97. The first kappa shape index (κ1) is 15.0. The number of hydrogen-bond donors (Lipinski definition) is 0. The molecule has 2 fully saturated rings. The van der Waals surface area contributed by atoms with Gasteiger partial charge >= 0.3 is 6.18 Å². The fourth-order valence-electron chi connectivity index (χ4n) is 2.48. The smallest absolute Gasteiger partial charge is 0.372 e. The minimum atomic E-state index is -4.23. The predicted octanol–water partition coefficient (Wildman–Crippen LogP) is 1.79. The Labute approximate surface area is 110 Å². The lowest BCUT2D eigenvalue weighted by Gasteiger charge is -2.37. The van der Waals surface area contributed by atoms with E-state index in [-0.39, 0.29) is 12.4 Å². The van der Waals surface area contributed by atoms with Gasteiger partial charge in [0.25, 0.3) is 0 Å². The van der Waals surface area contributed by atoms with E-state index in [9.17, 15) is 13.2 Å². The average Bonchev–Trinajstić information content (AvgIpc) is 2.79. The van der Waals surface area contributed by atoms with Crippen LogP contribution in [0.4, 0.5) is 13.2 Å². The molecular formula is C12H20F3NO3. The lowest BCUT2D eigenvalue weighted by Crippen LogP contribution is -2.45. The van der Waals surface area contributed by atoms with Gasteiger partial charge < -0.3 is 19.1 Å². The van der Waals surface area contributed by atoms with Gasteiger partial charge in [-0.3, -0.25) is 0 Å². The Bertz CT molecular complexity index is 270. The van der Waals surface area contributed by atoms with Crippen LogP contribution in [0.5, 0.6) is 0 Å². The second-order valence-corrected chi connectivity index (χ2v) is 4.97. The molecule has 0 aromatic carbocycles. The third-order valence-electron chi connectivity index (χ3n) is 3.46. The number of likely N-dealkylation sites (tertiary alicyclic amines) is 1. The minimum absolute atomic E-state index is 0.147. The van der Waals surface area contributed by atoms with Gasteiger partial charge in [-0.15, -0.1) is 0 Å². The Morgan fingerprint density at radius 2 is 1.74 bits per heavy atom. The second kappa shape index (κ2) is 6.39. The van der Waals surface area contributed by atoms with E-state index >= 15 is 0 Å². The predicted molar refractivity (Wildman–Crippen MR) is 61.8 cm³/mol. The number of alkyl halides is 3. The van der Waals surface area contributed by atoms with Crippen LogP contribution in [-0.4, -0.2) is 62.9 Å². The van der Waals surface area contributed by atoms with Crippen LogP contribution in [0.1, 0.15) is 19.3 Å². The molecule has 0 aliphatic carbocycles. The number of hydrogen-bond acceptors (Lipinski definition) is 4. The first-order valence-corrected chi connectivity index (χ1v) is 6.64. The molecule has 7 heteroatoms. The molecule has 2 aliphatic rings. The minimum Gasteiger partial charge on any atom is -0.372 e. The van der Waals surface area contributed by atoms with E-state index in [2.05, 4.69) is 9.64 Å². The van der Waals surface area contributed by atoms with E-state index in [1.165, 1.54) is 0 Å². The number of rotatable bonds is 5. The van der Waals surface area contributed by atoms with Gasteiger partial charge in [-0.1, -0.05) is 0 Å². The van der Waals surface area contributed by atoms with Gasteiger partial charge in [0.05, 0.1) is 13.2 Å². The highest BCUT2D eigenvalue weighted by Gasteiger charge is 2.39. The third kappa shape index (κ3) is 4.91. The average molecular weight is 283 g/mol. The molecule has 1 spiro atoms. The summed E-state index contributed by atoms with van der Waals surface area (Å²) in [6.45, 7) is 2.79. The van der Waals surface area contributed by atoms with E-state index in [0.29, 0.717) is 19.6 Å². The van der Waals surface area contributed by atoms with Crippen LogP contribution in [0, 0.1) is 0 Å². The summed E-state index contributed by atoms with van der Waals surface area (Å²) in [4.78, 5) is 2.22. The molecule has 0 N–H and O–H groups in total. The van der Waals surface area contributed by atoms with Crippen molar-refractivity contribution in [1.82, 2.24) is 4.90 Å². The summed E-state index contributed by atoms with van der Waals surface area (Å²) < 4.78 is 51.3. The Kier molecular flexibility index (Phi) is 5.05. The van der Waals surface area contributed by atoms with Crippen molar-refractivity contribution in [2.75, 3.05) is 46.1 Å². The van der Waals surface area contributed by atoms with Crippen LogP contribution in [0.25, 0.3) is 0 Å². The zero-order valence-corrected chi connectivity index (χ0v) is 10.9. The molecule has 0 aromatic rings. The Morgan fingerprint density at radius 3 is 2.32 bits per heavy atom. The first-order chi connectivity index (χ1) is 8.99. The van der Waals surface area contributed by atoms with Crippen LogP contribution >= 0.6 is 0 Å². The van der Waals surface area contributed by atoms with E-state index in [1.54, 1.807) is 0 Å². The molecule has 0 atom stereocenters. The highest BCUT2D eigenvalue weighted by molar-refractivity contribution is 4.82. The van der Waals surface area contributed by atoms with Gasteiger partial charge in [0.15, 0.2) is 5.79 Å². The summed E-state index contributed by atoms with van der Waals surface area (Å²) in [5.41, 5.74) is 0. The van der Waals surface area contributed by atoms with Gasteiger partial charge in [0, 0.05) is 39.1 Å². The Morgan fingerprint density at radius 1 is 1.11 bits per heavy atom. The third-order valence-corrected chi connectivity index (χ3v) is 3.46. The zero-order chi connectivity index (χ0) is 13.8. The molecule has 0 saturated carbocycles. The summed E-state index contributed by atoms with van der Waals surface area (Å²) in [7, 11) is 0. The topological polar surface area (TPSA) is 30.9 Å². The normalized spacial score (nSPS) is 24.2. The fourth-order valence-corrected chi connectivity index (χ4v) is 2.48. The summed E-state index contributed by atoms with van der Waals surface area (Å²) in [6.07, 6.45) is -1.95. The van der Waals surface area contributed by atoms with Gasteiger partial charge in [-0.2, -0.15) is 13.2 Å². The number of nitrogens with zero attached hydrogens (tertiary/aromatic N) is 1. The zero-order valence-electron chi connectivity index (χ0n) is 10.9. The Balaban J connectivity index is 1.54. The molecule has 2 rings (SSSR count). The largest absolute Gasteiger partial charge is 0.411 e. The molecule has 0 bridgehead atoms. The standard InChI is InChI=1S/C12H20F3NO3/c13-12(14,15)10-17-7-1-4-16-5-2-11(3-6-16)18-8-9-19-11/h1-10H2. The molecule has 2 aliphatic heterocycles. The van der Waals surface area contributed by atoms with Crippen LogP contribution in [-0.2, 0) is 14.2 Å². The van der Waals surface area contributed by atoms with Crippen molar-refractivity contribution in [1.29, 1.82) is 0 Å². The van der Waals surface area contributed by atoms with Gasteiger partial charge in [0.2, 0.25) is 0 Å². The summed E-state index contributed by atoms with van der Waals surface area (Å²) in [5, 5.41) is 0. The molecular weight excluding hydrogens is 263 g/mol. The maximum absolute atomic E-state index is 11.8. The van der Waals surface area contributed by atoms with Crippen molar-refractivity contribution < 1.29 is 27.4 Å². The van der Waals surface area contributed by atoms with Gasteiger partial charge in [0.1, 0.15) is 6.61 Å². The van der Waals surface area contributed by atoms with Crippen molar-refractivity contribution in [2.24, 2.45) is 0 Å². The summed E-state index contributed by atoms with van der Waals surface area (Å²) in [6, 6.07) is 0. The van der Waals surface area contributed by atoms with Crippen LogP contribution < -0.4 is 0 Å². The summed E-state index contributed by atoms with van der Waals surface area (Å²) >= 11 is 0. The number of ether oxygens (including phenoxy) is 3. The van der Waals surface area contributed by atoms with Crippen molar-refractivity contribution >= 4 is 0 Å². The van der Waals surface area contributed by atoms with E-state index in [1.807, 2.05) is 0 Å². The molecule has 19 heavy (non-hydrogen) atoms. The molecule has 2 heterocycles. The van der Waals surface area contributed by atoms with E-state index < -0.39 is 12.8 Å². The first-order valence-electron chi connectivity index (χ1n) is 6.64. The molecule has 112 valence electrons. The Hall–Kier alpha value is -0.370. The lowest BCUT2D eigenvalue weighted by molar-refractivity contribution is -0.186. The van der Waals surface area contributed by atoms with E-state index in [4.69, 9.17) is 9.47 Å². The molecule has 4 nitrogen and oxygen atoms in total. The molecule has 0 amide bonds. The van der Waals surface area contributed by atoms with Crippen molar-refractivity contribution in [3.63, 3.8) is 0 Å². The van der Waals surface area contributed by atoms with Crippen LogP contribution in [0.3, 0.4) is 0 Å². The van der Waals surface area contributed by atoms with Crippen molar-refractivity contribution in [2.45, 2.75) is 31.2 Å². The van der Waals surface area contributed by atoms with Gasteiger partial charge in [-0.25, -0.2) is 0 Å². The SMILES string of the molecule is FC(F)(F)COCCCN1CCC2(CC1)OCCO2. The van der Waals surface area contributed by atoms with Gasteiger partial charge in [-0.05, 0) is 6.42 Å². The number of piperidine rings is 1. The molecule has 2 saturated heterocycles. The quantitative estimate of drug-likeness (QED) is 0.720. The number of halogens is 3. The van der Waals surface area contributed by atoms with Crippen molar-refractivity contribution in [3.8, 4) is 0 Å². The lowest BCUT2D eigenvalue weighted by atomic mass is 10.0. The van der Waals surface area contributed by atoms with Crippen LogP contribution in [0.2, 0.25) is 0 Å². The monoisotopic (exact) mass is 283 g/mol. The summed E-state index contributed by atoms with van der Waals surface area (Å²) in [5.74, 6) is -0.386. The fraction of sp³-hybridized carbons (Fsp3) is 1.00. The highest BCUT2D eigenvalue weighted by atomic mass is 19.4.